The molecule has 0 radical (unpaired) electrons. The van der Waals surface area contributed by atoms with Crippen LogP contribution in [0, 0.1) is 11.2 Å². The first-order valence-electron chi connectivity index (χ1n) is 6.10. The number of carboxylic acid groups (broad SMARTS) is 1. The van der Waals surface area contributed by atoms with Crippen LogP contribution in [-0.2, 0) is 9.59 Å². The average Bonchev–Trinajstić information content (AvgIpc) is 2.33. The smallest absolute Gasteiger partial charge is 0.326 e. The predicted molar refractivity (Wildman–Crippen MR) is 70.9 cm³/mol. The number of carbonyl (C=O) groups is 2. The molecule has 1 aromatic rings. The summed E-state index contributed by atoms with van der Waals surface area (Å²) in [7, 11) is 0. The Morgan fingerprint density at radius 3 is 2.30 bits per heavy atom. The molecule has 0 fully saturated rings. The third kappa shape index (κ3) is 4.87. The van der Waals surface area contributed by atoms with Gasteiger partial charge in [0, 0.05) is 0 Å². The Kier molecular flexibility index (Phi) is 5.07. The number of hydrogen-bond donors (Lipinski definition) is 2. The Morgan fingerprint density at radius 1 is 1.30 bits per heavy atom. The number of aliphatic carboxylic acids is 1. The van der Waals surface area contributed by atoms with Crippen LogP contribution in [0.3, 0.4) is 0 Å². The number of rotatable bonds is 5. The number of hydrogen-bond acceptors (Lipinski definition) is 3. The lowest BCUT2D eigenvalue weighted by Crippen LogP contribution is -2.50. The zero-order valence-corrected chi connectivity index (χ0v) is 11.6. The van der Waals surface area contributed by atoms with Crippen LogP contribution >= 0.6 is 0 Å². The number of ether oxygens (including phenoxy) is 1. The molecule has 110 valence electrons. The highest BCUT2D eigenvalue weighted by Gasteiger charge is 2.32. The molecular weight excluding hydrogens is 265 g/mol. The summed E-state index contributed by atoms with van der Waals surface area (Å²) in [6, 6.07) is 4.19. The Morgan fingerprint density at radius 2 is 1.85 bits per heavy atom. The van der Waals surface area contributed by atoms with Gasteiger partial charge in [-0.15, -0.1) is 0 Å². The van der Waals surface area contributed by atoms with Gasteiger partial charge in [-0.2, -0.15) is 0 Å². The largest absolute Gasteiger partial charge is 0.484 e. The van der Waals surface area contributed by atoms with Crippen LogP contribution in [0.5, 0.6) is 5.75 Å². The SMILES string of the molecule is CC(C)(C)[C@@H](NC(=O)COc1ccc(F)cc1)C(=O)O. The predicted octanol–water partition coefficient (Wildman–Crippen LogP) is 1.82. The molecule has 2 N–H and O–H groups in total. The van der Waals surface area contributed by atoms with Crippen molar-refractivity contribution in [2.45, 2.75) is 26.8 Å². The summed E-state index contributed by atoms with van der Waals surface area (Å²) in [6.45, 7) is 4.82. The molecule has 0 aliphatic carbocycles. The van der Waals surface area contributed by atoms with Gasteiger partial charge in [0.05, 0.1) is 0 Å². The van der Waals surface area contributed by atoms with Gasteiger partial charge in [-0.25, -0.2) is 9.18 Å². The summed E-state index contributed by atoms with van der Waals surface area (Å²) >= 11 is 0. The van der Waals surface area contributed by atoms with E-state index in [9.17, 15) is 14.0 Å². The first kappa shape index (κ1) is 15.9. The van der Waals surface area contributed by atoms with Gasteiger partial charge in [0.25, 0.3) is 5.91 Å². The zero-order chi connectivity index (χ0) is 15.3. The van der Waals surface area contributed by atoms with Gasteiger partial charge < -0.3 is 15.2 Å². The van der Waals surface area contributed by atoms with Crippen molar-refractivity contribution in [2.24, 2.45) is 5.41 Å². The van der Waals surface area contributed by atoms with Crippen LogP contribution in [-0.4, -0.2) is 29.6 Å². The molecule has 0 aromatic heterocycles. The Labute approximate surface area is 116 Å². The third-order valence-electron chi connectivity index (χ3n) is 2.60. The number of carboxylic acids is 1. The lowest BCUT2D eigenvalue weighted by Gasteiger charge is -2.27. The number of halogens is 1. The molecule has 20 heavy (non-hydrogen) atoms. The average molecular weight is 283 g/mol. The topological polar surface area (TPSA) is 75.6 Å². The van der Waals surface area contributed by atoms with Crippen molar-refractivity contribution >= 4 is 11.9 Å². The molecule has 0 bridgehead atoms. The first-order valence-corrected chi connectivity index (χ1v) is 6.10. The summed E-state index contributed by atoms with van der Waals surface area (Å²) in [5.74, 6) is -1.71. The van der Waals surface area contributed by atoms with Crippen molar-refractivity contribution in [2.75, 3.05) is 6.61 Å². The second-order valence-electron chi connectivity index (χ2n) is 5.45. The molecule has 0 saturated carbocycles. The van der Waals surface area contributed by atoms with Crippen LogP contribution in [0.15, 0.2) is 24.3 Å². The van der Waals surface area contributed by atoms with Crippen molar-refractivity contribution in [3.8, 4) is 5.75 Å². The molecule has 1 aromatic carbocycles. The van der Waals surface area contributed by atoms with Gasteiger partial charge in [-0.1, -0.05) is 20.8 Å². The van der Waals surface area contributed by atoms with Crippen molar-refractivity contribution in [1.82, 2.24) is 5.32 Å². The minimum Gasteiger partial charge on any atom is -0.484 e. The Hall–Kier alpha value is -2.11. The van der Waals surface area contributed by atoms with Crippen molar-refractivity contribution < 1.29 is 23.8 Å². The van der Waals surface area contributed by atoms with E-state index in [4.69, 9.17) is 9.84 Å². The quantitative estimate of drug-likeness (QED) is 0.864. The number of amides is 1. The number of nitrogens with one attached hydrogen (secondary N) is 1. The molecule has 0 aliphatic rings. The van der Waals surface area contributed by atoms with E-state index in [1.165, 1.54) is 24.3 Å². The molecule has 0 aliphatic heterocycles. The van der Waals surface area contributed by atoms with Gasteiger partial charge in [0.15, 0.2) is 6.61 Å². The molecule has 0 heterocycles. The maximum Gasteiger partial charge on any atom is 0.326 e. The van der Waals surface area contributed by atoms with Crippen LogP contribution in [0.1, 0.15) is 20.8 Å². The molecule has 1 amide bonds. The first-order chi connectivity index (χ1) is 9.20. The van der Waals surface area contributed by atoms with E-state index in [1.807, 2.05) is 0 Å². The summed E-state index contributed by atoms with van der Waals surface area (Å²) < 4.78 is 17.8. The zero-order valence-electron chi connectivity index (χ0n) is 11.6. The second kappa shape index (κ2) is 6.36. The van der Waals surface area contributed by atoms with E-state index in [0.717, 1.165) is 0 Å². The second-order valence-corrected chi connectivity index (χ2v) is 5.45. The van der Waals surface area contributed by atoms with Crippen LogP contribution in [0.2, 0.25) is 0 Å². The van der Waals surface area contributed by atoms with Crippen molar-refractivity contribution in [3.63, 3.8) is 0 Å². The summed E-state index contributed by atoms with van der Waals surface area (Å²) in [6.07, 6.45) is 0. The summed E-state index contributed by atoms with van der Waals surface area (Å²) in [4.78, 5) is 22.8. The van der Waals surface area contributed by atoms with Crippen molar-refractivity contribution in [3.05, 3.63) is 30.1 Å². The fourth-order valence-corrected chi connectivity index (χ4v) is 1.53. The molecule has 6 heteroatoms. The fourth-order valence-electron chi connectivity index (χ4n) is 1.53. The highest BCUT2D eigenvalue weighted by molar-refractivity contribution is 5.84. The van der Waals surface area contributed by atoms with E-state index >= 15 is 0 Å². The standard InChI is InChI=1S/C14H18FNO4/c1-14(2,3)12(13(18)19)16-11(17)8-20-10-6-4-9(15)5-7-10/h4-7,12H,8H2,1-3H3,(H,16,17)(H,18,19)/t12-/m0/s1. The van der Waals surface area contributed by atoms with E-state index in [0.29, 0.717) is 5.75 Å². The van der Waals surface area contributed by atoms with E-state index < -0.39 is 29.2 Å². The molecule has 1 atom stereocenters. The minimum atomic E-state index is -1.10. The molecular formula is C14H18FNO4. The molecule has 0 saturated heterocycles. The molecule has 0 unspecified atom stereocenters. The lowest BCUT2D eigenvalue weighted by molar-refractivity contribution is -0.145. The highest BCUT2D eigenvalue weighted by atomic mass is 19.1. The van der Waals surface area contributed by atoms with Crippen molar-refractivity contribution in [1.29, 1.82) is 0 Å². The van der Waals surface area contributed by atoms with Crippen LogP contribution in [0.25, 0.3) is 0 Å². The van der Waals surface area contributed by atoms with E-state index in [-0.39, 0.29) is 6.61 Å². The maximum atomic E-state index is 12.7. The maximum absolute atomic E-state index is 12.7. The van der Waals surface area contributed by atoms with Crippen LogP contribution in [0.4, 0.5) is 4.39 Å². The minimum absolute atomic E-state index is 0.328. The van der Waals surface area contributed by atoms with Gasteiger partial charge in [0.1, 0.15) is 17.6 Å². The van der Waals surface area contributed by atoms with Gasteiger partial charge in [-0.3, -0.25) is 4.79 Å². The molecule has 0 spiro atoms. The Balaban J connectivity index is 2.54. The highest BCUT2D eigenvalue weighted by Crippen LogP contribution is 2.19. The van der Waals surface area contributed by atoms with E-state index in [1.54, 1.807) is 20.8 Å². The number of carbonyl (C=O) groups excluding carboxylic acids is 1. The summed E-state index contributed by atoms with van der Waals surface area (Å²) in [5, 5.41) is 11.5. The molecule has 1 rings (SSSR count). The lowest BCUT2D eigenvalue weighted by atomic mass is 9.87. The van der Waals surface area contributed by atoms with Gasteiger partial charge >= 0.3 is 5.97 Å². The van der Waals surface area contributed by atoms with Crippen LogP contribution < -0.4 is 10.1 Å². The monoisotopic (exact) mass is 283 g/mol. The summed E-state index contributed by atoms with van der Waals surface area (Å²) in [5.41, 5.74) is -0.614. The fraction of sp³-hybridized carbons (Fsp3) is 0.429. The van der Waals surface area contributed by atoms with E-state index in [2.05, 4.69) is 5.32 Å². The third-order valence-corrected chi connectivity index (χ3v) is 2.60. The van der Waals surface area contributed by atoms with Gasteiger partial charge in [0.2, 0.25) is 0 Å². The number of benzene rings is 1. The molecule has 5 nitrogen and oxygen atoms in total. The Bertz CT molecular complexity index is 479. The normalized spacial score (nSPS) is 12.6. The van der Waals surface area contributed by atoms with Gasteiger partial charge in [-0.05, 0) is 29.7 Å².